The molecule has 0 unspecified atom stereocenters. The van der Waals surface area contributed by atoms with Crippen LogP contribution in [-0.4, -0.2) is 16.3 Å². The zero-order valence-electron chi connectivity index (χ0n) is 17.3. The van der Waals surface area contributed by atoms with E-state index in [2.05, 4.69) is 20.8 Å². The molecule has 0 saturated heterocycles. The summed E-state index contributed by atoms with van der Waals surface area (Å²) in [5.41, 5.74) is 5.14. The number of hydrogen-bond acceptors (Lipinski definition) is 3. The second-order valence-corrected chi connectivity index (χ2v) is 7.29. The fourth-order valence-corrected chi connectivity index (χ4v) is 3.38. The Morgan fingerprint density at radius 3 is 2.21 bits per heavy atom. The van der Waals surface area contributed by atoms with E-state index in [4.69, 9.17) is 5.26 Å². The van der Waals surface area contributed by atoms with Gasteiger partial charge in [0, 0.05) is 24.7 Å². The minimum Gasteiger partial charge on any atom is -0.406 e. The van der Waals surface area contributed by atoms with Gasteiger partial charge in [-0.2, -0.15) is 5.26 Å². The van der Waals surface area contributed by atoms with Crippen LogP contribution in [0.2, 0.25) is 0 Å². The molecule has 0 bridgehead atoms. The molecule has 0 spiro atoms. The highest BCUT2D eigenvalue weighted by Crippen LogP contribution is 2.28. The number of nitrogens with one attached hydrogen (secondary N) is 1. The average Bonchev–Trinajstić information content (AvgIpc) is 3.20. The summed E-state index contributed by atoms with van der Waals surface area (Å²) in [4.78, 5) is 7.75. The number of ether oxygens (including phenoxy) is 1. The van der Waals surface area contributed by atoms with Gasteiger partial charge in [-0.1, -0.05) is 48.5 Å². The molecular formula is C25H19BrF3N3O. The molecule has 33 heavy (non-hydrogen) atoms. The van der Waals surface area contributed by atoms with Crippen molar-refractivity contribution in [1.82, 2.24) is 9.97 Å². The molecule has 0 fully saturated rings. The second kappa shape index (κ2) is 10.4. The van der Waals surface area contributed by atoms with Gasteiger partial charge in [0.25, 0.3) is 0 Å². The first-order chi connectivity index (χ1) is 15.4. The summed E-state index contributed by atoms with van der Waals surface area (Å²) >= 11 is 0. The van der Waals surface area contributed by atoms with Crippen molar-refractivity contribution in [3.05, 3.63) is 107 Å². The summed E-state index contributed by atoms with van der Waals surface area (Å²) in [6, 6.07) is 23.0. The molecule has 0 amide bonds. The first-order valence-corrected chi connectivity index (χ1v) is 9.85. The molecule has 1 aromatic heterocycles. The summed E-state index contributed by atoms with van der Waals surface area (Å²) in [6.45, 7) is 0. The van der Waals surface area contributed by atoms with Crippen LogP contribution in [0.5, 0.6) is 5.75 Å². The first-order valence-electron chi connectivity index (χ1n) is 9.85. The van der Waals surface area contributed by atoms with E-state index in [0.29, 0.717) is 24.0 Å². The lowest BCUT2D eigenvalue weighted by Gasteiger charge is -2.10. The molecule has 4 nitrogen and oxygen atoms in total. The Labute approximate surface area is 199 Å². The number of aromatic nitrogens is 2. The number of aromatic amines is 1. The molecule has 0 saturated carbocycles. The third kappa shape index (κ3) is 6.70. The van der Waals surface area contributed by atoms with Gasteiger partial charge < -0.3 is 9.72 Å². The van der Waals surface area contributed by atoms with E-state index in [1.165, 1.54) is 18.2 Å². The quantitative estimate of drug-likeness (QED) is 0.315. The summed E-state index contributed by atoms with van der Waals surface area (Å²) in [5.74, 6) is 0.575. The molecule has 0 aliphatic rings. The van der Waals surface area contributed by atoms with Gasteiger partial charge in [0.05, 0.1) is 11.6 Å². The Morgan fingerprint density at radius 1 is 0.879 bits per heavy atom. The number of benzene rings is 3. The molecule has 0 atom stereocenters. The van der Waals surface area contributed by atoms with Crippen molar-refractivity contribution >= 4 is 17.0 Å². The van der Waals surface area contributed by atoms with Crippen molar-refractivity contribution in [2.75, 3.05) is 0 Å². The molecular weight excluding hydrogens is 495 g/mol. The fourth-order valence-electron chi connectivity index (χ4n) is 3.38. The summed E-state index contributed by atoms with van der Waals surface area (Å²) in [7, 11) is 0. The largest absolute Gasteiger partial charge is 0.573 e. The number of halogens is 4. The molecule has 8 heteroatoms. The third-order valence-corrected chi connectivity index (χ3v) is 4.89. The fraction of sp³-hybridized carbons (Fsp3) is 0.120. The number of nitrogens with zero attached hydrogens (tertiary/aromatic N) is 2. The number of imidazole rings is 1. The van der Waals surface area contributed by atoms with E-state index < -0.39 is 6.36 Å². The maximum absolute atomic E-state index is 12.4. The predicted molar refractivity (Wildman–Crippen MR) is 124 cm³/mol. The predicted octanol–water partition coefficient (Wildman–Crippen LogP) is 6.61. The minimum absolute atomic E-state index is 0. The highest BCUT2D eigenvalue weighted by molar-refractivity contribution is 8.93. The van der Waals surface area contributed by atoms with Crippen molar-refractivity contribution in [3.63, 3.8) is 0 Å². The van der Waals surface area contributed by atoms with Crippen molar-refractivity contribution in [3.8, 4) is 22.9 Å². The number of nitriles is 1. The van der Waals surface area contributed by atoms with Gasteiger partial charge in [0.1, 0.15) is 11.6 Å². The smallest absolute Gasteiger partial charge is 0.406 e. The van der Waals surface area contributed by atoms with Gasteiger partial charge in [-0.05, 0) is 46.5 Å². The third-order valence-electron chi connectivity index (χ3n) is 4.89. The van der Waals surface area contributed by atoms with Crippen LogP contribution >= 0.6 is 17.0 Å². The SMILES string of the molecule is Br.N#Cc1ccc(Cc2cnc(Cc3ccc(-c4cccc(OC(F)(F)F)c4)cc3)[nH]2)cc1. The number of H-pyrrole nitrogens is 1. The lowest BCUT2D eigenvalue weighted by atomic mass is 10.0. The van der Waals surface area contributed by atoms with E-state index in [1.807, 2.05) is 36.4 Å². The van der Waals surface area contributed by atoms with Crippen LogP contribution in [0.1, 0.15) is 28.2 Å². The monoisotopic (exact) mass is 513 g/mol. The van der Waals surface area contributed by atoms with Crippen LogP contribution < -0.4 is 4.74 Å². The van der Waals surface area contributed by atoms with Gasteiger partial charge in [-0.15, -0.1) is 30.2 Å². The number of rotatable bonds is 6. The minimum atomic E-state index is -4.72. The maximum atomic E-state index is 12.4. The van der Waals surface area contributed by atoms with Gasteiger partial charge in [0.15, 0.2) is 0 Å². The highest BCUT2D eigenvalue weighted by atomic mass is 79.9. The average molecular weight is 514 g/mol. The zero-order valence-corrected chi connectivity index (χ0v) is 19.0. The zero-order chi connectivity index (χ0) is 22.6. The van der Waals surface area contributed by atoms with Crippen LogP contribution in [0.15, 0.2) is 79.0 Å². The van der Waals surface area contributed by atoms with E-state index in [-0.39, 0.29) is 22.7 Å². The Balaban J connectivity index is 0.00000306. The number of hydrogen-bond donors (Lipinski definition) is 1. The van der Waals surface area contributed by atoms with E-state index in [1.54, 1.807) is 24.4 Å². The van der Waals surface area contributed by atoms with Gasteiger partial charge >= 0.3 is 6.36 Å². The normalized spacial score (nSPS) is 10.8. The van der Waals surface area contributed by atoms with Crippen molar-refractivity contribution in [2.24, 2.45) is 0 Å². The van der Waals surface area contributed by atoms with E-state index >= 15 is 0 Å². The summed E-state index contributed by atoms with van der Waals surface area (Å²) in [5, 5.41) is 8.88. The lowest BCUT2D eigenvalue weighted by molar-refractivity contribution is -0.274. The van der Waals surface area contributed by atoms with Crippen molar-refractivity contribution < 1.29 is 17.9 Å². The van der Waals surface area contributed by atoms with Crippen LogP contribution in [0, 0.1) is 11.3 Å². The standard InChI is InChI=1S/C25H18F3N3O.BrH/c26-25(27,28)32-23-3-1-2-21(14-23)20-10-8-18(9-11-20)13-24-30-16-22(31-24)12-17-4-6-19(15-29)7-5-17;/h1-11,14,16H,12-13H2,(H,30,31);1H. The molecule has 0 radical (unpaired) electrons. The maximum Gasteiger partial charge on any atom is 0.573 e. The first kappa shape index (κ1) is 24.1. The second-order valence-electron chi connectivity index (χ2n) is 7.29. The van der Waals surface area contributed by atoms with E-state index in [9.17, 15) is 13.2 Å². The van der Waals surface area contributed by atoms with Crippen LogP contribution in [-0.2, 0) is 12.8 Å². The molecule has 0 aliphatic heterocycles. The van der Waals surface area contributed by atoms with Crippen LogP contribution in [0.25, 0.3) is 11.1 Å². The van der Waals surface area contributed by atoms with Crippen molar-refractivity contribution in [2.45, 2.75) is 19.2 Å². The molecule has 1 heterocycles. The van der Waals surface area contributed by atoms with Crippen LogP contribution in [0.4, 0.5) is 13.2 Å². The summed E-state index contributed by atoms with van der Waals surface area (Å²) < 4.78 is 41.3. The van der Waals surface area contributed by atoms with E-state index in [0.717, 1.165) is 28.2 Å². The molecule has 4 aromatic rings. The molecule has 4 rings (SSSR count). The van der Waals surface area contributed by atoms with Gasteiger partial charge in [-0.3, -0.25) is 0 Å². The molecule has 3 aromatic carbocycles. The summed E-state index contributed by atoms with van der Waals surface area (Å²) in [6.07, 6.45) is -1.63. The molecule has 1 N–H and O–H groups in total. The van der Waals surface area contributed by atoms with Crippen molar-refractivity contribution in [1.29, 1.82) is 5.26 Å². The number of alkyl halides is 3. The Bertz CT molecular complexity index is 1240. The van der Waals surface area contributed by atoms with Crippen LogP contribution in [0.3, 0.4) is 0 Å². The Morgan fingerprint density at radius 2 is 1.55 bits per heavy atom. The highest BCUT2D eigenvalue weighted by Gasteiger charge is 2.31. The molecule has 0 aliphatic carbocycles. The van der Waals surface area contributed by atoms with Gasteiger partial charge in [0.2, 0.25) is 0 Å². The molecule has 168 valence electrons. The lowest BCUT2D eigenvalue weighted by Crippen LogP contribution is -2.17. The van der Waals surface area contributed by atoms with Gasteiger partial charge in [-0.25, -0.2) is 4.98 Å². The Hall–Kier alpha value is -3.57. The Kier molecular flexibility index (Phi) is 7.56. The topological polar surface area (TPSA) is 61.7 Å².